The fourth-order valence-electron chi connectivity index (χ4n) is 3.10. The molecule has 3 aromatic carbocycles. The van der Waals surface area contributed by atoms with Gasteiger partial charge >= 0.3 is 0 Å². The van der Waals surface area contributed by atoms with E-state index in [1.807, 2.05) is 91.9 Å². The van der Waals surface area contributed by atoms with Crippen molar-refractivity contribution in [3.8, 4) is 5.75 Å². The highest BCUT2D eigenvalue weighted by molar-refractivity contribution is 6.32. The topological polar surface area (TPSA) is 41.9 Å². The summed E-state index contributed by atoms with van der Waals surface area (Å²) < 4.78 is 6.00. The maximum Gasteiger partial charge on any atom is 0.280 e. The van der Waals surface area contributed by atoms with Crippen molar-refractivity contribution < 1.29 is 9.53 Å². The molecule has 1 amide bonds. The van der Waals surface area contributed by atoms with Crippen LogP contribution in [0, 0.1) is 0 Å². The average molecular weight is 403 g/mol. The Kier molecular flexibility index (Phi) is 5.45. The highest BCUT2D eigenvalue weighted by Gasteiger charge is 2.28. The number of para-hydroxylation sites is 2. The van der Waals surface area contributed by atoms with Crippen LogP contribution in [0.15, 0.2) is 89.5 Å². The number of hydrazone groups is 1. The second kappa shape index (κ2) is 8.33. The predicted molar refractivity (Wildman–Crippen MR) is 117 cm³/mol. The summed E-state index contributed by atoms with van der Waals surface area (Å²) in [7, 11) is 0. The number of amides is 1. The summed E-state index contributed by atoms with van der Waals surface area (Å²) in [6.07, 6.45) is 1.83. The zero-order chi connectivity index (χ0) is 20.2. The molecule has 144 valence electrons. The second-order valence-corrected chi connectivity index (χ2v) is 7.09. The van der Waals surface area contributed by atoms with Gasteiger partial charge < -0.3 is 4.74 Å². The number of rotatable bonds is 5. The number of halogens is 1. The maximum atomic E-state index is 12.9. The Labute approximate surface area is 174 Å². The van der Waals surface area contributed by atoms with Gasteiger partial charge in [-0.2, -0.15) is 10.1 Å². The zero-order valence-electron chi connectivity index (χ0n) is 15.9. The van der Waals surface area contributed by atoms with Gasteiger partial charge in [-0.15, -0.1) is 0 Å². The molecule has 0 atom stereocenters. The van der Waals surface area contributed by atoms with Crippen molar-refractivity contribution in [1.82, 2.24) is 0 Å². The molecule has 0 aromatic heterocycles. The van der Waals surface area contributed by atoms with Crippen LogP contribution in [0.25, 0.3) is 6.08 Å². The fourth-order valence-corrected chi connectivity index (χ4v) is 3.32. The smallest absolute Gasteiger partial charge is 0.280 e. The molecule has 4 nitrogen and oxygen atoms in total. The molecule has 0 bridgehead atoms. The standard InChI is InChI=1S/C24H19ClN2O2/c1-17-22(24(28)27(26-17)21-11-3-2-4-12-21)15-19-9-5-6-13-23(19)29-16-18-8-7-10-20(25)14-18/h2-15H,16H2,1H3/b22-15+. The van der Waals surface area contributed by atoms with E-state index < -0.39 is 0 Å². The minimum absolute atomic E-state index is 0.154. The third kappa shape index (κ3) is 4.23. The van der Waals surface area contributed by atoms with Crippen LogP contribution in [0.1, 0.15) is 18.1 Å². The van der Waals surface area contributed by atoms with E-state index >= 15 is 0 Å². The van der Waals surface area contributed by atoms with Crippen molar-refractivity contribution in [2.24, 2.45) is 5.10 Å². The third-order valence-electron chi connectivity index (χ3n) is 4.57. The number of anilines is 1. The molecular weight excluding hydrogens is 384 g/mol. The molecule has 0 fully saturated rings. The highest BCUT2D eigenvalue weighted by atomic mass is 35.5. The van der Waals surface area contributed by atoms with Gasteiger partial charge in [0.1, 0.15) is 12.4 Å². The Morgan fingerprint density at radius 2 is 1.76 bits per heavy atom. The Hall–Kier alpha value is -3.37. The molecule has 1 heterocycles. The summed E-state index contributed by atoms with van der Waals surface area (Å²) >= 11 is 6.05. The van der Waals surface area contributed by atoms with Gasteiger partial charge in [0.05, 0.1) is 17.0 Å². The van der Waals surface area contributed by atoms with E-state index in [1.54, 1.807) is 0 Å². The Balaban J connectivity index is 1.58. The van der Waals surface area contributed by atoms with E-state index in [0.717, 1.165) is 16.8 Å². The van der Waals surface area contributed by atoms with Crippen LogP contribution < -0.4 is 9.75 Å². The number of carbonyl (C=O) groups is 1. The van der Waals surface area contributed by atoms with Crippen LogP contribution >= 0.6 is 11.6 Å². The van der Waals surface area contributed by atoms with Gasteiger partial charge in [-0.3, -0.25) is 4.79 Å². The number of nitrogens with zero attached hydrogens (tertiary/aromatic N) is 2. The first-order chi connectivity index (χ1) is 14.1. The summed E-state index contributed by atoms with van der Waals surface area (Å²) in [6.45, 7) is 2.22. The number of ether oxygens (including phenoxy) is 1. The molecule has 0 saturated heterocycles. The van der Waals surface area contributed by atoms with E-state index in [1.165, 1.54) is 5.01 Å². The van der Waals surface area contributed by atoms with E-state index in [0.29, 0.717) is 28.7 Å². The summed E-state index contributed by atoms with van der Waals surface area (Å²) in [6, 6.07) is 24.6. The lowest BCUT2D eigenvalue weighted by Gasteiger charge is -2.12. The fraction of sp³-hybridized carbons (Fsp3) is 0.0833. The quantitative estimate of drug-likeness (QED) is 0.512. The highest BCUT2D eigenvalue weighted by Crippen LogP contribution is 2.28. The van der Waals surface area contributed by atoms with Gasteiger partial charge in [-0.05, 0) is 48.9 Å². The lowest BCUT2D eigenvalue weighted by atomic mass is 10.1. The lowest BCUT2D eigenvalue weighted by molar-refractivity contribution is -0.114. The van der Waals surface area contributed by atoms with Crippen molar-refractivity contribution in [3.63, 3.8) is 0 Å². The minimum atomic E-state index is -0.154. The first-order valence-corrected chi connectivity index (χ1v) is 9.62. The van der Waals surface area contributed by atoms with Gasteiger partial charge in [0.25, 0.3) is 5.91 Å². The second-order valence-electron chi connectivity index (χ2n) is 6.65. The normalized spacial score (nSPS) is 15.0. The molecule has 5 heteroatoms. The summed E-state index contributed by atoms with van der Waals surface area (Å²) in [5, 5.41) is 6.53. The van der Waals surface area contributed by atoms with Gasteiger partial charge in [-0.25, -0.2) is 0 Å². The Morgan fingerprint density at radius 3 is 2.55 bits per heavy atom. The van der Waals surface area contributed by atoms with Crippen LogP contribution in [0.5, 0.6) is 5.75 Å². The van der Waals surface area contributed by atoms with Crippen molar-refractivity contribution >= 4 is 35.0 Å². The molecule has 0 radical (unpaired) electrons. The van der Waals surface area contributed by atoms with Gasteiger partial charge in [0.2, 0.25) is 0 Å². The Morgan fingerprint density at radius 1 is 1.00 bits per heavy atom. The van der Waals surface area contributed by atoms with Crippen LogP contribution in [0.4, 0.5) is 5.69 Å². The molecular formula is C24H19ClN2O2. The van der Waals surface area contributed by atoms with Crippen LogP contribution in [0.2, 0.25) is 5.02 Å². The molecule has 4 rings (SSSR count). The molecule has 0 saturated carbocycles. The Bertz CT molecular complexity index is 1110. The van der Waals surface area contributed by atoms with Crippen molar-refractivity contribution in [2.75, 3.05) is 5.01 Å². The van der Waals surface area contributed by atoms with Gasteiger partial charge in [0.15, 0.2) is 0 Å². The SMILES string of the molecule is CC1=NN(c2ccccc2)C(=O)/C1=C/c1ccccc1OCc1cccc(Cl)c1. The lowest BCUT2D eigenvalue weighted by Crippen LogP contribution is -2.21. The molecule has 3 aromatic rings. The molecule has 1 aliphatic rings. The van der Waals surface area contributed by atoms with Crippen molar-refractivity contribution in [1.29, 1.82) is 0 Å². The van der Waals surface area contributed by atoms with Crippen LogP contribution in [-0.4, -0.2) is 11.6 Å². The van der Waals surface area contributed by atoms with E-state index in [2.05, 4.69) is 5.10 Å². The molecule has 1 aliphatic heterocycles. The van der Waals surface area contributed by atoms with E-state index in [9.17, 15) is 4.79 Å². The van der Waals surface area contributed by atoms with Crippen molar-refractivity contribution in [2.45, 2.75) is 13.5 Å². The number of benzene rings is 3. The molecule has 0 N–H and O–H groups in total. The zero-order valence-corrected chi connectivity index (χ0v) is 16.6. The largest absolute Gasteiger partial charge is 0.488 e. The number of carbonyl (C=O) groups excluding carboxylic acids is 1. The predicted octanol–water partition coefficient (Wildman–Crippen LogP) is 5.73. The van der Waals surface area contributed by atoms with E-state index in [-0.39, 0.29) is 5.91 Å². The molecule has 0 unspecified atom stereocenters. The summed E-state index contributed by atoms with van der Waals surface area (Å²) in [5.41, 5.74) is 3.76. The first kappa shape index (κ1) is 19.0. The van der Waals surface area contributed by atoms with Gasteiger partial charge in [-0.1, -0.05) is 60.1 Å². The average Bonchev–Trinajstić information content (AvgIpc) is 3.02. The van der Waals surface area contributed by atoms with Crippen LogP contribution in [-0.2, 0) is 11.4 Å². The first-order valence-electron chi connectivity index (χ1n) is 9.25. The molecule has 0 spiro atoms. The van der Waals surface area contributed by atoms with E-state index in [4.69, 9.17) is 16.3 Å². The third-order valence-corrected chi connectivity index (χ3v) is 4.80. The minimum Gasteiger partial charge on any atom is -0.488 e. The summed E-state index contributed by atoms with van der Waals surface area (Å²) in [4.78, 5) is 12.9. The summed E-state index contributed by atoms with van der Waals surface area (Å²) in [5.74, 6) is 0.539. The van der Waals surface area contributed by atoms with Crippen LogP contribution in [0.3, 0.4) is 0 Å². The maximum absolute atomic E-state index is 12.9. The number of hydrogen-bond donors (Lipinski definition) is 0. The number of hydrogen-bond acceptors (Lipinski definition) is 3. The monoisotopic (exact) mass is 402 g/mol. The molecule has 0 aliphatic carbocycles. The molecule has 29 heavy (non-hydrogen) atoms. The van der Waals surface area contributed by atoms with Gasteiger partial charge in [0, 0.05) is 10.6 Å². The van der Waals surface area contributed by atoms with Crippen molar-refractivity contribution in [3.05, 3.63) is 101 Å².